The highest BCUT2D eigenvalue weighted by Crippen LogP contribution is 2.23. The Balaban J connectivity index is 1.72. The average Bonchev–Trinajstić information content (AvgIpc) is 2.60. The third-order valence-corrected chi connectivity index (χ3v) is 5.58. The van der Waals surface area contributed by atoms with Crippen LogP contribution in [0.2, 0.25) is 0 Å². The molecule has 8 heteroatoms. The van der Waals surface area contributed by atoms with Gasteiger partial charge in [-0.05, 0) is 36.4 Å². The summed E-state index contributed by atoms with van der Waals surface area (Å²) in [6.45, 7) is 0.585. The summed E-state index contributed by atoms with van der Waals surface area (Å²) >= 11 is 3.44. The van der Waals surface area contributed by atoms with E-state index in [1.165, 1.54) is 13.4 Å². The fourth-order valence-corrected chi connectivity index (χ4v) is 3.53. The number of anilines is 1. The third-order valence-electron chi connectivity index (χ3n) is 3.75. The van der Waals surface area contributed by atoms with Gasteiger partial charge < -0.3 is 5.32 Å². The number of aromatic nitrogens is 2. The van der Waals surface area contributed by atoms with Gasteiger partial charge in [-0.25, -0.2) is 23.1 Å². The Labute approximate surface area is 154 Å². The summed E-state index contributed by atoms with van der Waals surface area (Å²) in [6.07, 6.45) is 1.53. The first-order valence-electron chi connectivity index (χ1n) is 7.60. The van der Waals surface area contributed by atoms with E-state index >= 15 is 0 Å². The SMILES string of the molecule is CNS(=O)(=O)Cc1ccc(CNc2ncnc3cc(Br)ccc23)cc1. The van der Waals surface area contributed by atoms with Crippen molar-refractivity contribution in [3.63, 3.8) is 0 Å². The Kier molecular flexibility index (Phi) is 5.31. The monoisotopic (exact) mass is 420 g/mol. The maximum absolute atomic E-state index is 11.6. The lowest BCUT2D eigenvalue weighted by molar-refractivity contribution is 0.587. The van der Waals surface area contributed by atoms with E-state index in [0.717, 1.165) is 32.3 Å². The zero-order valence-electron chi connectivity index (χ0n) is 13.5. The van der Waals surface area contributed by atoms with Gasteiger partial charge in [0.05, 0.1) is 11.3 Å². The Morgan fingerprint density at radius 1 is 1.04 bits per heavy atom. The molecule has 1 heterocycles. The summed E-state index contributed by atoms with van der Waals surface area (Å²) in [4.78, 5) is 8.57. The molecule has 1 aromatic heterocycles. The standard InChI is InChI=1S/C17H17BrN4O2S/c1-19-25(23,24)10-13-4-2-12(3-5-13)9-20-17-15-7-6-14(18)8-16(15)21-11-22-17/h2-8,11,19H,9-10H2,1H3,(H,20,21,22). The lowest BCUT2D eigenvalue weighted by Gasteiger charge is -2.09. The summed E-state index contributed by atoms with van der Waals surface area (Å²) in [7, 11) is -1.84. The van der Waals surface area contributed by atoms with Crippen LogP contribution in [0.5, 0.6) is 0 Å². The van der Waals surface area contributed by atoms with Crippen LogP contribution in [0.25, 0.3) is 10.9 Å². The second-order valence-corrected chi connectivity index (χ2v) is 8.36. The van der Waals surface area contributed by atoms with Gasteiger partial charge >= 0.3 is 0 Å². The Hall–Kier alpha value is -2.03. The summed E-state index contributed by atoms with van der Waals surface area (Å²) in [5.41, 5.74) is 2.64. The van der Waals surface area contributed by atoms with Crippen molar-refractivity contribution >= 4 is 42.7 Å². The minimum absolute atomic E-state index is 0.0252. The molecule has 0 unspecified atom stereocenters. The summed E-state index contributed by atoms with van der Waals surface area (Å²) in [5, 5.41) is 4.25. The molecular weight excluding hydrogens is 404 g/mol. The number of nitrogens with zero attached hydrogens (tertiary/aromatic N) is 2. The van der Waals surface area contributed by atoms with E-state index in [2.05, 4.69) is 35.9 Å². The van der Waals surface area contributed by atoms with Crippen LogP contribution in [0.4, 0.5) is 5.82 Å². The normalized spacial score (nSPS) is 11.6. The van der Waals surface area contributed by atoms with Crippen molar-refractivity contribution in [2.24, 2.45) is 0 Å². The number of nitrogens with one attached hydrogen (secondary N) is 2. The number of halogens is 1. The molecule has 0 fully saturated rings. The predicted octanol–water partition coefficient (Wildman–Crippen LogP) is 3.05. The molecule has 0 bridgehead atoms. The van der Waals surface area contributed by atoms with Crippen LogP contribution in [0, 0.1) is 0 Å². The zero-order valence-corrected chi connectivity index (χ0v) is 15.9. The van der Waals surface area contributed by atoms with Gasteiger partial charge in [-0.1, -0.05) is 40.2 Å². The molecule has 0 amide bonds. The maximum atomic E-state index is 11.6. The van der Waals surface area contributed by atoms with E-state index < -0.39 is 10.0 Å². The first-order chi connectivity index (χ1) is 12.0. The van der Waals surface area contributed by atoms with Crippen LogP contribution < -0.4 is 10.0 Å². The number of hydrogen-bond acceptors (Lipinski definition) is 5. The van der Waals surface area contributed by atoms with Gasteiger partial charge in [-0.3, -0.25) is 0 Å². The lowest BCUT2D eigenvalue weighted by Crippen LogP contribution is -2.20. The number of hydrogen-bond donors (Lipinski definition) is 2. The largest absolute Gasteiger partial charge is 0.365 e. The first-order valence-corrected chi connectivity index (χ1v) is 10.0. The molecule has 0 saturated heterocycles. The number of sulfonamides is 1. The van der Waals surface area contributed by atoms with Crippen LogP contribution in [0.3, 0.4) is 0 Å². The fraction of sp³-hybridized carbons (Fsp3) is 0.176. The lowest BCUT2D eigenvalue weighted by atomic mass is 10.1. The van der Waals surface area contributed by atoms with Gasteiger partial charge in [0, 0.05) is 16.4 Å². The molecule has 6 nitrogen and oxygen atoms in total. The van der Waals surface area contributed by atoms with Crippen LogP contribution >= 0.6 is 15.9 Å². The molecule has 2 aromatic carbocycles. The average molecular weight is 421 g/mol. The zero-order chi connectivity index (χ0) is 17.9. The molecule has 130 valence electrons. The van der Waals surface area contributed by atoms with Crippen molar-refractivity contribution in [1.82, 2.24) is 14.7 Å². The van der Waals surface area contributed by atoms with Crippen molar-refractivity contribution in [1.29, 1.82) is 0 Å². The van der Waals surface area contributed by atoms with Crippen molar-refractivity contribution in [3.8, 4) is 0 Å². The van der Waals surface area contributed by atoms with Crippen molar-refractivity contribution in [2.45, 2.75) is 12.3 Å². The molecule has 0 aliphatic heterocycles. The van der Waals surface area contributed by atoms with E-state index in [1.807, 2.05) is 42.5 Å². The second kappa shape index (κ2) is 7.47. The third kappa shape index (κ3) is 4.53. The summed E-state index contributed by atoms with van der Waals surface area (Å²) in [5.74, 6) is 0.738. The minimum atomic E-state index is -3.25. The van der Waals surface area contributed by atoms with Gasteiger partial charge in [0.15, 0.2) is 0 Å². The Bertz CT molecular complexity index is 991. The van der Waals surface area contributed by atoms with E-state index in [9.17, 15) is 8.42 Å². The topological polar surface area (TPSA) is 84.0 Å². The van der Waals surface area contributed by atoms with Gasteiger partial charge in [0.25, 0.3) is 0 Å². The highest BCUT2D eigenvalue weighted by molar-refractivity contribution is 9.10. The smallest absolute Gasteiger partial charge is 0.215 e. The molecule has 3 aromatic rings. The fourth-order valence-electron chi connectivity index (χ4n) is 2.40. The van der Waals surface area contributed by atoms with Crippen molar-refractivity contribution in [2.75, 3.05) is 12.4 Å². The predicted molar refractivity (Wildman–Crippen MR) is 103 cm³/mol. The van der Waals surface area contributed by atoms with Crippen molar-refractivity contribution < 1.29 is 8.42 Å². The first kappa shape index (κ1) is 17.8. The van der Waals surface area contributed by atoms with E-state index in [1.54, 1.807) is 0 Å². The molecule has 0 saturated carbocycles. The molecular formula is C17H17BrN4O2S. The molecule has 0 aliphatic rings. The highest BCUT2D eigenvalue weighted by atomic mass is 79.9. The Morgan fingerprint density at radius 2 is 1.76 bits per heavy atom. The molecule has 3 rings (SSSR count). The highest BCUT2D eigenvalue weighted by Gasteiger charge is 2.08. The van der Waals surface area contributed by atoms with Gasteiger partial charge in [0.2, 0.25) is 10.0 Å². The molecule has 25 heavy (non-hydrogen) atoms. The van der Waals surface area contributed by atoms with Gasteiger partial charge in [-0.15, -0.1) is 0 Å². The molecule has 0 atom stereocenters. The van der Waals surface area contributed by atoms with Gasteiger partial charge in [0.1, 0.15) is 12.1 Å². The number of rotatable bonds is 6. The van der Waals surface area contributed by atoms with Crippen molar-refractivity contribution in [3.05, 3.63) is 64.4 Å². The summed E-state index contributed by atoms with van der Waals surface area (Å²) < 4.78 is 26.4. The van der Waals surface area contributed by atoms with Crippen LogP contribution in [-0.4, -0.2) is 25.4 Å². The number of benzene rings is 2. The number of fused-ring (bicyclic) bond motifs is 1. The maximum Gasteiger partial charge on any atom is 0.215 e. The Morgan fingerprint density at radius 3 is 2.48 bits per heavy atom. The van der Waals surface area contributed by atoms with E-state index in [-0.39, 0.29) is 5.75 Å². The van der Waals surface area contributed by atoms with E-state index in [0.29, 0.717) is 6.54 Å². The van der Waals surface area contributed by atoms with Crippen LogP contribution in [0.15, 0.2) is 53.3 Å². The van der Waals surface area contributed by atoms with Crippen LogP contribution in [-0.2, 0) is 22.3 Å². The quantitative estimate of drug-likeness (QED) is 0.639. The summed E-state index contributed by atoms with van der Waals surface area (Å²) in [6, 6.07) is 13.3. The molecule has 0 radical (unpaired) electrons. The minimum Gasteiger partial charge on any atom is -0.365 e. The van der Waals surface area contributed by atoms with Gasteiger partial charge in [-0.2, -0.15) is 0 Å². The second-order valence-electron chi connectivity index (χ2n) is 5.52. The molecule has 0 aliphatic carbocycles. The molecule has 0 spiro atoms. The van der Waals surface area contributed by atoms with E-state index in [4.69, 9.17) is 0 Å². The molecule has 2 N–H and O–H groups in total. The van der Waals surface area contributed by atoms with Crippen LogP contribution in [0.1, 0.15) is 11.1 Å².